The molecule has 0 aromatic heterocycles. The van der Waals surface area contributed by atoms with E-state index in [1.807, 2.05) is 0 Å². The fourth-order valence-electron chi connectivity index (χ4n) is 2.02. The number of halogens is 4. The summed E-state index contributed by atoms with van der Waals surface area (Å²) in [6.45, 7) is 2.43. The summed E-state index contributed by atoms with van der Waals surface area (Å²) in [5.74, 6) is -0.220. The molecule has 0 amide bonds. The van der Waals surface area contributed by atoms with Gasteiger partial charge in [0.25, 0.3) is 0 Å². The van der Waals surface area contributed by atoms with Gasteiger partial charge in [0.1, 0.15) is 5.82 Å². The zero-order valence-electron chi connectivity index (χ0n) is 9.94. The lowest BCUT2D eigenvalue weighted by atomic mass is 10.1. The van der Waals surface area contributed by atoms with E-state index in [4.69, 9.17) is 17.3 Å². The molecular weight excluding hydrogens is 298 g/mol. The Kier molecular flexibility index (Phi) is 8.15. The minimum atomic E-state index is -0.220. The third kappa shape index (κ3) is 4.56. The van der Waals surface area contributed by atoms with Gasteiger partial charge >= 0.3 is 0 Å². The summed E-state index contributed by atoms with van der Waals surface area (Å²) in [4.78, 5) is 2.20. The van der Waals surface area contributed by atoms with Gasteiger partial charge in [-0.1, -0.05) is 17.7 Å². The van der Waals surface area contributed by atoms with E-state index in [0.29, 0.717) is 23.2 Å². The van der Waals surface area contributed by atoms with Gasteiger partial charge in [0.15, 0.2) is 0 Å². The first-order valence-corrected chi connectivity index (χ1v) is 5.95. The van der Waals surface area contributed by atoms with E-state index in [0.717, 1.165) is 25.9 Å². The van der Waals surface area contributed by atoms with Crippen molar-refractivity contribution < 1.29 is 4.39 Å². The van der Waals surface area contributed by atoms with Gasteiger partial charge in [-0.2, -0.15) is 0 Å². The molecule has 0 aliphatic carbocycles. The molecule has 6 heteroatoms. The smallest absolute Gasteiger partial charge is 0.129 e. The Balaban J connectivity index is 0.00000144. The first kappa shape index (κ1) is 17.9. The summed E-state index contributed by atoms with van der Waals surface area (Å²) in [6.07, 6.45) is 1.96. The number of hydrogen-bond acceptors (Lipinski definition) is 2. The Hall–Kier alpha value is -0.0600. The lowest BCUT2D eigenvalue weighted by molar-refractivity contribution is 0.203. The molecule has 18 heavy (non-hydrogen) atoms. The van der Waals surface area contributed by atoms with Crippen LogP contribution < -0.4 is 5.73 Å². The number of likely N-dealkylation sites (tertiary alicyclic amines) is 1. The molecular formula is C12H18Cl3FN2. The largest absolute Gasteiger partial charge is 0.328 e. The highest BCUT2D eigenvalue weighted by Gasteiger charge is 2.18. The SMILES string of the molecule is Cl.Cl.NC1CCN(Cc2c(F)cccc2Cl)CC1. The zero-order chi connectivity index (χ0) is 11.5. The van der Waals surface area contributed by atoms with Crippen molar-refractivity contribution in [3.8, 4) is 0 Å². The number of nitrogens with zero attached hydrogens (tertiary/aromatic N) is 1. The van der Waals surface area contributed by atoms with Crippen LogP contribution >= 0.6 is 36.4 Å². The van der Waals surface area contributed by atoms with Crippen LogP contribution in [0.15, 0.2) is 18.2 Å². The maximum absolute atomic E-state index is 13.5. The van der Waals surface area contributed by atoms with Crippen molar-refractivity contribution in [2.45, 2.75) is 25.4 Å². The third-order valence-corrected chi connectivity index (χ3v) is 3.43. The summed E-state index contributed by atoms with van der Waals surface area (Å²) in [5, 5.41) is 0.509. The molecule has 1 aromatic rings. The van der Waals surface area contributed by atoms with Gasteiger partial charge in [-0.25, -0.2) is 4.39 Å². The zero-order valence-corrected chi connectivity index (χ0v) is 12.3. The fourth-order valence-corrected chi connectivity index (χ4v) is 2.24. The summed E-state index contributed by atoms with van der Waals surface area (Å²) in [5.41, 5.74) is 6.42. The van der Waals surface area contributed by atoms with Crippen LogP contribution in [0, 0.1) is 5.82 Å². The number of rotatable bonds is 2. The average Bonchev–Trinajstić information content (AvgIpc) is 2.26. The molecule has 0 unspecified atom stereocenters. The topological polar surface area (TPSA) is 29.3 Å². The third-order valence-electron chi connectivity index (χ3n) is 3.08. The Morgan fingerprint density at radius 1 is 1.28 bits per heavy atom. The number of benzene rings is 1. The predicted octanol–water partition coefficient (Wildman–Crippen LogP) is 3.25. The number of nitrogens with two attached hydrogens (primary N) is 1. The van der Waals surface area contributed by atoms with E-state index >= 15 is 0 Å². The van der Waals surface area contributed by atoms with Crippen LogP contribution in [0.25, 0.3) is 0 Å². The second-order valence-corrected chi connectivity index (χ2v) is 4.72. The van der Waals surface area contributed by atoms with Gasteiger partial charge in [-0.05, 0) is 38.1 Å². The molecule has 0 radical (unpaired) electrons. The van der Waals surface area contributed by atoms with Crippen molar-refractivity contribution in [3.05, 3.63) is 34.6 Å². The number of hydrogen-bond donors (Lipinski definition) is 1. The highest BCUT2D eigenvalue weighted by Crippen LogP contribution is 2.22. The van der Waals surface area contributed by atoms with Crippen LogP contribution in [-0.4, -0.2) is 24.0 Å². The minimum absolute atomic E-state index is 0. The minimum Gasteiger partial charge on any atom is -0.328 e. The lowest BCUT2D eigenvalue weighted by Gasteiger charge is -2.30. The molecule has 1 heterocycles. The van der Waals surface area contributed by atoms with Crippen molar-refractivity contribution in [1.29, 1.82) is 0 Å². The molecule has 1 aliphatic rings. The summed E-state index contributed by atoms with van der Waals surface area (Å²) < 4.78 is 13.5. The molecule has 2 nitrogen and oxygen atoms in total. The maximum Gasteiger partial charge on any atom is 0.129 e. The van der Waals surface area contributed by atoms with Crippen molar-refractivity contribution >= 4 is 36.4 Å². The van der Waals surface area contributed by atoms with Crippen LogP contribution in [0.4, 0.5) is 4.39 Å². The van der Waals surface area contributed by atoms with Crippen LogP contribution in [0.2, 0.25) is 5.02 Å². The molecule has 0 spiro atoms. The molecule has 1 saturated heterocycles. The normalized spacial score (nSPS) is 16.8. The van der Waals surface area contributed by atoms with E-state index in [1.54, 1.807) is 12.1 Å². The van der Waals surface area contributed by atoms with E-state index in [1.165, 1.54) is 6.07 Å². The van der Waals surface area contributed by atoms with Gasteiger partial charge < -0.3 is 5.73 Å². The van der Waals surface area contributed by atoms with Gasteiger partial charge in [-0.3, -0.25) is 4.90 Å². The Labute approximate surface area is 124 Å². The lowest BCUT2D eigenvalue weighted by Crippen LogP contribution is -2.39. The van der Waals surface area contributed by atoms with Crippen LogP contribution in [-0.2, 0) is 6.54 Å². The van der Waals surface area contributed by atoms with E-state index < -0.39 is 0 Å². The van der Waals surface area contributed by atoms with Crippen molar-refractivity contribution in [3.63, 3.8) is 0 Å². The molecule has 0 saturated carbocycles. The van der Waals surface area contributed by atoms with Gasteiger partial charge in [-0.15, -0.1) is 24.8 Å². The Morgan fingerprint density at radius 3 is 2.44 bits per heavy atom. The second-order valence-electron chi connectivity index (χ2n) is 4.31. The molecule has 2 N–H and O–H groups in total. The second kappa shape index (κ2) is 8.18. The Bertz CT molecular complexity index is 348. The van der Waals surface area contributed by atoms with Crippen molar-refractivity contribution in [2.24, 2.45) is 5.73 Å². The highest BCUT2D eigenvalue weighted by molar-refractivity contribution is 6.31. The predicted molar refractivity (Wildman–Crippen MR) is 78.4 cm³/mol. The summed E-state index contributed by atoms with van der Waals surface area (Å²) in [6, 6.07) is 5.12. The summed E-state index contributed by atoms with van der Waals surface area (Å²) >= 11 is 5.99. The first-order chi connectivity index (χ1) is 7.66. The first-order valence-electron chi connectivity index (χ1n) is 5.57. The van der Waals surface area contributed by atoms with Crippen LogP contribution in [0.5, 0.6) is 0 Å². The van der Waals surface area contributed by atoms with Crippen molar-refractivity contribution in [2.75, 3.05) is 13.1 Å². The molecule has 1 aromatic carbocycles. The number of piperidine rings is 1. The highest BCUT2D eigenvalue weighted by atomic mass is 35.5. The van der Waals surface area contributed by atoms with Gasteiger partial charge in [0, 0.05) is 23.2 Å². The molecule has 2 rings (SSSR count). The van der Waals surface area contributed by atoms with E-state index in [9.17, 15) is 4.39 Å². The maximum atomic E-state index is 13.5. The molecule has 104 valence electrons. The fraction of sp³-hybridized carbons (Fsp3) is 0.500. The van der Waals surface area contributed by atoms with E-state index in [-0.39, 0.29) is 30.6 Å². The summed E-state index contributed by atoms with van der Waals surface area (Å²) in [7, 11) is 0. The van der Waals surface area contributed by atoms with E-state index in [2.05, 4.69) is 4.90 Å². The average molecular weight is 316 g/mol. The molecule has 1 aliphatic heterocycles. The molecule has 1 fully saturated rings. The molecule has 0 bridgehead atoms. The Morgan fingerprint density at radius 2 is 1.89 bits per heavy atom. The van der Waals surface area contributed by atoms with Gasteiger partial charge in [0.05, 0.1) is 0 Å². The quantitative estimate of drug-likeness (QED) is 0.908. The van der Waals surface area contributed by atoms with Crippen LogP contribution in [0.3, 0.4) is 0 Å². The molecule has 0 atom stereocenters. The monoisotopic (exact) mass is 314 g/mol. The van der Waals surface area contributed by atoms with Crippen molar-refractivity contribution in [1.82, 2.24) is 4.90 Å². The van der Waals surface area contributed by atoms with Crippen LogP contribution in [0.1, 0.15) is 18.4 Å². The van der Waals surface area contributed by atoms with Gasteiger partial charge in [0.2, 0.25) is 0 Å². The standard InChI is InChI=1S/C12H16ClFN2.2ClH/c13-11-2-1-3-12(14)10(11)8-16-6-4-9(15)5-7-16;;/h1-3,9H,4-8,15H2;2*1H.